The lowest BCUT2D eigenvalue weighted by Crippen LogP contribution is -2.36. The maximum Gasteiger partial charge on any atom is 0.488 e. The molecule has 2 rings (SSSR count). The van der Waals surface area contributed by atoms with Crippen LogP contribution < -0.4 is 5.46 Å². The van der Waals surface area contributed by atoms with E-state index < -0.39 is 7.12 Å². The molecule has 2 unspecified atom stereocenters. The summed E-state index contributed by atoms with van der Waals surface area (Å²) in [6, 6.07) is 7.23. The molecule has 1 aliphatic heterocycles. The average Bonchev–Trinajstić information content (AvgIpc) is 2.35. The number of hydrogen-bond acceptors (Lipinski definition) is 4. The van der Waals surface area contributed by atoms with E-state index in [1.54, 1.807) is 12.1 Å². The van der Waals surface area contributed by atoms with Crippen LogP contribution in [-0.2, 0) is 16.1 Å². The third-order valence-corrected chi connectivity index (χ3v) is 3.46. The van der Waals surface area contributed by atoms with Gasteiger partial charge in [-0.3, -0.25) is 0 Å². The molecule has 1 saturated heterocycles. The minimum Gasteiger partial charge on any atom is -0.423 e. The van der Waals surface area contributed by atoms with Gasteiger partial charge < -0.3 is 19.5 Å². The van der Waals surface area contributed by atoms with Crippen molar-refractivity contribution >= 4 is 12.6 Å². The lowest BCUT2D eigenvalue weighted by Gasteiger charge is -2.32. The van der Waals surface area contributed by atoms with Gasteiger partial charge in [0.2, 0.25) is 0 Å². The van der Waals surface area contributed by atoms with Gasteiger partial charge in [-0.2, -0.15) is 0 Å². The Balaban J connectivity index is 1.95. The first kappa shape index (κ1) is 14.5. The van der Waals surface area contributed by atoms with Gasteiger partial charge in [0.25, 0.3) is 0 Å². The first-order valence-electron chi connectivity index (χ1n) is 6.77. The highest BCUT2D eigenvalue weighted by Gasteiger charge is 2.25. The Morgan fingerprint density at radius 3 is 2.47 bits per heavy atom. The summed E-state index contributed by atoms with van der Waals surface area (Å²) in [5, 5.41) is 18.6. The second-order valence-corrected chi connectivity index (χ2v) is 5.23. The molecule has 2 N–H and O–H groups in total. The molecule has 4 nitrogen and oxygen atoms in total. The van der Waals surface area contributed by atoms with Crippen LogP contribution in [0.2, 0.25) is 0 Å². The summed E-state index contributed by atoms with van der Waals surface area (Å²) in [6.45, 7) is 4.51. The molecular weight excluding hydrogens is 243 g/mol. The van der Waals surface area contributed by atoms with E-state index in [2.05, 4.69) is 13.8 Å². The van der Waals surface area contributed by atoms with E-state index in [4.69, 9.17) is 9.47 Å². The number of rotatable bonds is 4. The minimum atomic E-state index is -1.45. The normalized spacial score (nSPS) is 27.3. The molecule has 5 heteroatoms. The van der Waals surface area contributed by atoms with Gasteiger partial charge in [-0.15, -0.1) is 0 Å². The van der Waals surface area contributed by atoms with E-state index in [1.807, 2.05) is 12.1 Å². The fourth-order valence-corrected chi connectivity index (χ4v) is 2.61. The van der Waals surface area contributed by atoms with Crippen LogP contribution in [0.3, 0.4) is 0 Å². The summed E-state index contributed by atoms with van der Waals surface area (Å²) in [5.41, 5.74) is 1.33. The molecule has 0 aromatic heterocycles. The molecule has 0 radical (unpaired) electrons. The third kappa shape index (κ3) is 4.04. The molecule has 104 valence electrons. The van der Waals surface area contributed by atoms with Crippen molar-refractivity contribution in [1.29, 1.82) is 0 Å². The largest absolute Gasteiger partial charge is 0.488 e. The summed E-state index contributed by atoms with van der Waals surface area (Å²) in [6.07, 6.45) is 2.37. The standard InChI is InChI=1S/C14H21BO4/c1-10-7-13(8-11(2)19-10)18-9-12-5-3-4-6-14(12)15(16)17/h3-6,10-11,13,16-17H,7-9H2,1-2H3. The first-order valence-corrected chi connectivity index (χ1v) is 6.77. The lowest BCUT2D eigenvalue weighted by atomic mass is 9.77. The van der Waals surface area contributed by atoms with Gasteiger partial charge >= 0.3 is 7.12 Å². The zero-order valence-corrected chi connectivity index (χ0v) is 11.5. The average molecular weight is 264 g/mol. The Morgan fingerprint density at radius 1 is 1.21 bits per heavy atom. The van der Waals surface area contributed by atoms with Crippen LogP contribution in [0.15, 0.2) is 24.3 Å². The second kappa shape index (κ2) is 6.52. The molecule has 1 aliphatic rings. The molecule has 1 aromatic carbocycles. The van der Waals surface area contributed by atoms with Gasteiger partial charge in [0.1, 0.15) is 0 Å². The molecule has 1 heterocycles. The quantitative estimate of drug-likeness (QED) is 0.791. The summed E-state index contributed by atoms with van der Waals surface area (Å²) >= 11 is 0. The van der Waals surface area contributed by atoms with Crippen LogP contribution in [-0.4, -0.2) is 35.5 Å². The summed E-state index contributed by atoms with van der Waals surface area (Å²) in [7, 11) is -1.45. The number of ether oxygens (including phenoxy) is 2. The maximum absolute atomic E-state index is 9.31. The second-order valence-electron chi connectivity index (χ2n) is 5.23. The van der Waals surface area contributed by atoms with Gasteiger partial charge in [-0.05, 0) is 37.7 Å². The van der Waals surface area contributed by atoms with E-state index in [-0.39, 0.29) is 18.3 Å². The van der Waals surface area contributed by atoms with Crippen molar-refractivity contribution in [2.24, 2.45) is 0 Å². The van der Waals surface area contributed by atoms with E-state index in [0.717, 1.165) is 18.4 Å². The van der Waals surface area contributed by atoms with Crippen molar-refractivity contribution in [2.75, 3.05) is 0 Å². The van der Waals surface area contributed by atoms with Crippen LogP contribution >= 0.6 is 0 Å². The maximum atomic E-state index is 9.31. The van der Waals surface area contributed by atoms with Gasteiger partial charge in [-0.1, -0.05) is 24.3 Å². The monoisotopic (exact) mass is 264 g/mol. The lowest BCUT2D eigenvalue weighted by molar-refractivity contribution is -0.106. The Hall–Kier alpha value is -0.875. The van der Waals surface area contributed by atoms with Crippen molar-refractivity contribution in [3.8, 4) is 0 Å². The Kier molecular flexibility index (Phi) is 4.99. The van der Waals surface area contributed by atoms with E-state index in [1.165, 1.54) is 0 Å². The van der Waals surface area contributed by atoms with Crippen LogP contribution in [0.25, 0.3) is 0 Å². The smallest absolute Gasteiger partial charge is 0.423 e. The van der Waals surface area contributed by atoms with Crippen molar-refractivity contribution in [3.63, 3.8) is 0 Å². The Morgan fingerprint density at radius 2 is 1.84 bits per heavy atom. The molecule has 1 fully saturated rings. The SMILES string of the molecule is CC1CC(OCc2ccccc2B(O)O)CC(C)O1. The Bertz CT molecular complexity index is 400. The van der Waals surface area contributed by atoms with Gasteiger partial charge in [-0.25, -0.2) is 0 Å². The fraction of sp³-hybridized carbons (Fsp3) is 0.571. The first-order chi connectivity index (χ1) is 9.06. The molecule has 19 heavy (non-hydrogen) atoms. The predicted molar refractivity (Wildman–Crippen MR) is 74.1 cm³/mol. The van der Waals surface area contributed by atoms with E-state index in [0.29, 0.717) is 12.1 Å². The molecule has 0 aliphatic carbocycles. The molecule has 1 aromatic rings. The van der Waals surface area contributed by atoms with Gasteiger partial charge in [0.05, 0.1) is 24.9 Å². The topological polar surface area (TPSA) is 58.9 Å². The molecule has 0 saturated carbocycles. The highest BCUT2D eigenvalue weighted by molar-refractivity contribution is 6.59. The van der Waals surface area contributed by atoms with Crippen molar-refractivity contribution in [3.05, 3.63) is 29.8 Å². The van der Waals surface area contributed by atoms with Crippen LogP contribution in [0.1, 0.15) is 32.3 Å². The highest BCUT2D eigenvalue weighted by Crippen LogP contribution is 2.22. The van der Waals surface area contributed by atoms with Crippen molar-refractivity contribution < 1.29 is 19.5 Å². The highest BCUT2D eigenvalue weighted by atomic mass is 16.5. The number of benzene rings is 1. The van der Waals surface area contributed by atoms with Crippen LogP contribution in [0.4, 0.5) is 0 Å². The van der Waals surface area contributed by atoms with Crippen LogP contribution in [0, 0.1) is 0 Å². The van der Waals surface area contributed by atoms with Crippen molar-refractivity contribution in [1.82, 2.24) is 0 Å². The zero-order chi connectivity index (χ0) is 13.8. The van der Waals surface area contributed by atoms with E-state index >= 15 is 0 Å². The summed E-state index contributed by atoms with van der Waals surface area (Å²) in [5.74, 6) is 0. The molecule has 0 bridgehead atoms. The van der Waals surface area contributed by atoms with Gasteiger partial charge in [0.15, 0.2) is 0 Å². The molecule has 0 amide bonds. The molecular formula is C14H21BO4. The predicted octanol–water partition coefficient (Wildman–Crippen LogP) is 0.839. The number of hydrogen-bond donors (Lipinski definition) is 2. The Labute approximate surface area is 114 Å². The molecule has 0 spiro atoms. The zero-order valence-electron chi connectivity index (χ0n) is 11.5. The third-order valence-electron chi connectivity index (χ3n) is 3.46. The molecule has 2 atom stereocenters. The minimum absolute atomic E-state index is 0.169. The van der Waals surface area contributed by atoms with Gasteiger partial charge in [0, 0.05) is 0 Å². The van der Waals surface area contributed by atoms with Crippen LogP contribution in [0.5, 0.6) is 0 Å². The fourth-order valence-electron chi connectivity index (χ4n) is 2.61. The summed E-state index contributed by atoms with van der Waals surface area (Å²) < 4.78 is 11.6. The van der Waals surface area contributed by atoms with Crippen molar-refractivity contribution in [2.45, 2.75) is 51.6 Å². The summed E-state index contributed by atoms with van der Waals surface area (Å²) in [4.78, 5) is 0. The van der Waals surface area contributed by atoms with E-state index in [9.17, 15) is 10.0 Å².